The molecule has 0 nitrogen and oxygen atoms in total. The predicted octanol–water partition coefficient (Wildman–Crippen LogP) is 5.85. The first-order valence-electron chi connectivity index (χ1n) is 7.58. The Morgan fingerprint density at radius 2 is 1.30 bits per heavy atom. The van der Waals surface area contributed by atoms with Crippen LogP contribution in [-0.4, -0.2) is 0 Å². The van der Waals surface area contributed by atoms with Gasteiger partial charge >= 0.3 is 0 Å². The van der Waals surface area contributed by atoms with Crippen molar-refractivity contribution >= 4 is 32.3 Å². The van der Waals surface area contributed by atoms with Crippen LogP contribution in [0, 0.1) is 0 Å². The molecule has 0 spiro atoms. The number of hydrogen-bond donors (Lipinski definition) is 0. The molecule has 5 rings (SSSR count). The molecule has 0 aromatic heterocycles. The molecule has 20 heavy (non-hydrogen) atoms. The molecular weight excluding hydrogens is 240 g/mol. The normalized spacial score (nSPS) is 16.2. The van der Waals surface area contributed by atoms with Gasteiger partial charge in [0.15, 0.2) is 0 Å². The summed E-state index contributed by atoms with van der Waals surface area (Å²) in [6.07, 6.45) is 4.13. The van der Waals surface area contributed by atoms with E-state index in [2.05, 4.69) is 54.6 Å². The zero-order valence-corrected chi connectivity index (χ0v) is 11.4. The van der Waals surface area contributed by atoms with E-state index >= 15 is 0 Å². The molecule has 0 aliphatic heterocycles. The van der Waals surface area contributed by atoms with Crippen LogP contribution in [0.3, 0.4) is 0 Å². The van der Waals surface area contributed by atoms with E-state index in [0.717, 1.165) is 5.92 Å². The molecule has 1 aliphatic carbocycles. The van der Waals surface area contributed by atoms with E-state index in [1.807, 2.05) is 0 Å². The lowest BCUT2D eigenvalue weighted by atomic mass is 9.77. The molecule has 1 fully saturated rings. The van der Waals surface area contributed by atoms with Crippen molar-refractivity contribution in [3.05, 3.63) is 60.2 Å². The highest BCUT2D eigenvalue weighted by Crippen LogP contribution is 2.43. The number of benzene rings is 4. The van der Waals surface area contributed by atoms with E-state index in [-0.39, 0.29) is 0 Å². The Bertz CT molecular complexity index is 913. The fraction of sp³-hybridized carbons (Fsp3) is 0.200. The fourth-order valence-corrected chi connectivity index (χ4v) is 3.83. The van der Waals surface area contributed by atoms with Gasteiger partial charge in [0.25, 0.3) is 0 Å². The minimum absolute atomic E-state index is 0.791. The minimum Gasteiger partial charge on any atom is -0.0610 e. The Kier molecular flexibility index (Phi) is 1.99. The topological polar surface area (TPSA) is 0 Å². The fourth-order valence-electron chi connectivity index (χ4n) is 3.83. The molecule has 96 valence electrons. The smallest absolute Gasteiger partial charge is 0.00239 e. The lowest BCUT2D eigenvalue weighted by Crippen LogP contribution is -2.09. The van der Waals surface area contributed by atoms with Gasteiger partial charge in [-0.25, -0.2) is 0 Å². The van der Waals surface area contributed by atoms with Crippen LogP contribution >= 0.6 is 0 Å². The first-order chi connectivity index (χ1) is 9.92. The molecule has 0 radical (unpaired) electrons. The zero-order chi connectivity index (χ0) is 13.1. The van der Waals surface area contributed by atoms with Crippen LogP contribution in [-0.2, 0) is 0 Å². The van der Waals surface area contributed by atoms with Gasteiger partial charge in [0.2, 0.25) is 0 Å². The average molecular weight is 256 g/mol. The van der Waals surface area contributed by atoms with E-state index in [0.29, 0.717) is 0 Å². The Labute approximate surface area is 118 Å². The summed E-state index contributed by atoms with van der Waals surface area (Å²) < 4.78 is 0. The van der Waals surface area contributed by atoms with Crippen LogP contribution in [0.25, 0.3) is 32.3 Å². The molecule has 0 heteroatoms. The Morgan fingerprint density at radius 1 is 0.650 bits per heavy atom. The summed E-state index contributed by atoms with van der Waals surface area (Å²) in [5.41, 5.74) is 1.57. The van der Waals surface area contributed by atoms with Crippen LogP contribution < -0.4 is 0 Å². The summed E-state index contributed by atoms with van der Waals surface area (Å²) in [5, 5.41) is 8.52. The highest BCUT2D eigenvalue weighted by Gasteiger charge is 2.22. The molecule has 0 N–H and O–H groups in total. The van der Waals surface area contributed by atoms with Gasteiger partial charge in [-0.1, -0.05) is 61.0 Å². The van der Waals surface area contributed by atoms with E-state index in [1.165, 1.54) is 51.6 Å². The number of rotatable bonds is 1. The Hall–Kier alpha value is -2.08. The van der Waals surface area contributed by atoms with Crippen molar-refractivity contribution in [3.8, 4) is 0 Å². The van der Waals surface area contributed by atoms with Gasteiger partial charge < -0.3 is 0 Å². The minimum atomic E-state index is 0.791. The molecule has 0 saturated heterocycles. The Morgan fingerprint density at radius 3 is 2.00 bits per heavy atom. The van der Waals surface area contributed by atoms with Gasteiger partial charge in [-0.3, -0.25) is 0 Å². The maximum atomic E-state index is 2.37. The van der Waals surface area contributed by atoms with Crippen molar-refractivity contribution in [3.63, 3.8) is 0 Å². The molecule has 1 aliphatic rings. The molecule has 0 heterocycles. The average Bonchev–Trinajstić information content (AvgIpc) is 2.44. The molecule has 1 saturated carbocycles. The second-order valence-electron chi connectivity index (χ2n) is 6.14. The highest BCUT2D eigenvalue weighted by atomic mass is 14.3. The van der Waals surface area contributed by atoms with Crippen LogP contribution in [0.15, 0.2) is 54.6 Å². The third kappa shape index (κ3) is 1.27. The maximum absolute atomic E-state index is 2.37. The van der Waals surface area contributed by atoms with E-state index in [9.17, 15) is 0 Å². The quantitative estimate of drug-likeness (QED) is 0.375. The predicted molar refractivity (Wildman–Crippen MR) is 86.7 cm³/mol. The van der Waals surface area contributed by atoms with Gasteiger partial charge in [-0.05, 0) is 56.6 Å². The van der Waals surface area contributed by atoms with Gasteiger partial charge in [0.05, 0.1) is 0 Å². The van der Waals surface area contributed by atoms with E-state index in [4.69, 9.17) is 0 Å². The molecule has 0 bridgehead atoms. The molecule has 4 aromatic rings. The van der Waals surface area contributed by atoms with Gasteiger partial charge in [-0.2, -0.15) is 0 Å². The lowest BCUT2D eigenvalue weighted by Gasteiger charge is -2.27. The zero-order valence-electron chi connectivity index (χ0n) is 11.4. The third-order valence-corrected chi connectivity index (χ3v) is 5.11. The Balaban J connectivity index is 2.02. The van der Waals surface area contributed by atoms with Crippen molar-refractivity contribution < 1.29 is 0 Å². The summed E-state index contributed by atoms with van der Waals surface area (Å²) in [7, 11) is 0. The van der Waals surface area contributed by atoms with Crippen molar-refractivity contribution in [2.45, 2.75) is 25.2 Å². The van der Waals surface area contributed by atoms with Crippen LogP contribution in [0.4, 0.5) is 0 Å². The largest absolute Gasteiger partial charge is 0.0610 e. The second kappa shape index (κ2) is 3.73. The molecule has 4 aromatic carbocycles. The van der Waals surface area contributed by atoms with Crippen LogP contribution in [0.1, 0.15) is 30.7 Å². The summed E-state index contributed by atoms with van der Waals surface area (Å²) in [5.74, 6) is 0.791. The molecule has 0 atom stereocenters. The maximum Gasteiger partial charge on any atom is -0.00239 e. The second-order valence-corrected chi connectivity index (χ2v) is 6.14. The van der Waals surface area contributed by atoms with E-state index in [1.54, 1.807) is 5.56 Å². The lowest BCUT2D eigenvalue weighted by molar-refractivity contribution is 0.422. The summed E-state index contributed by atoms with van der Waals surface area (Å²) in [4.78, 5) is 0. The SMILES string of the molecule is c1cc2ccc3ccc(C4CCC4)c4ccc(c1)c2c34. The van der Waals surface area contributed by atoms with Gasteiger partial charge in [0.1, 0.15) is 0 Å². The monoisotopic (exact) mass is 256 g/mol. The first-order valence-corrected chi connectivity index (χ1v) is 7.58. The summed E-state index contributed by atoms with van der Waals surface area (Å²) in [6.45, 7) is 0. The van der Waals surface area contributed by atoms with Crippen molar-refractivity contribution in [1.82, 2.24) is 0 Å². The standard InChI is InChI=1S/C20H16/c1-3-13(4-1)17-11-9-16-8-7-14-5-2-6-15-10-12-18(17)20(16)19(14)15/h2,5-13H,1,3-4H2. The van der Waals surface area contributed by atoms with Crippen LogP contribution in [0.2, 0.25) is 0 Å². The van der Waals surface area contributed by atoms with Gasteiger partial charge in [0, 0.05) is 0 Å². The summed E-state index contributed by atoms with van der Waals surface area (Å²) in [6, 6.07) is 20.5. The first kappa shape index (κ1) is 10.7. The van der Waals surface area contributed by atoms with Crippen molar-refractivity contribution in [2.75, 3.05) is 0 Å². The number of hydrogen-bond acceptors (Lipinski definition) is 0. The molecule has 0 amide bonds. The van der Waals surface area contributed by atoms with Crippen molar-refractivity contribution in [1.29, 1.82) is 0 Å². The summed E-state index contributed by atoms with van der Waals surface area (Å²) >= 11 is 0. The van der Waals surface area contributed by atoms with Gasteiger partial charge in [-0.15, -0.1) is 0 Å². The third-order valence-electron chi connectivity index (χ3n) is 5.11. The highest BCUT2D eigenvalue weighted by molar-refractivity contribution is 6.23. The molecule has 0 unspecified atom stereocenters. The van der Waals surface area contributed by atoms with Crippen LogP contribution in [0.5, 0.6) is 0 Å². The van der Waals surface area contributed by atoms with Crippen molar-refractivity contribution in [2.24, 2.45) is 0 Å². The molecular formula is C20H16. The van der Waals surface area contributed by atoms with E-state index < -0.39 is 0 Å².